The number of rotatable bonds is 5. The molecule has 2 atom stereocenters. The lowest BCUT2D eigenvalue weighted by Gasteiger charge is -2.36. The number of para-hydroxylation sites is 1. The van der Waals surface area contributed by atoms with Gasteiger partial charge in [0.2, 0.25) is 0 Å². The van der Waals surface area contributed by atoms with Gasteiger partial charge in [-0.15, -0.1) is 0 Å². The lowest BCUT2D eigenvalue weighted by molar-refractivity contribution is -0.0858. The Labute approximate surface area is 125 Å². The Kier molecular flexibility index (Phi) is 5.59. The summed E-state index contributed by atoms with van der Waals surface area (Å²) in [4.78, 5) is 14.5. The molecular weight excluding hydrogens is 268 g/mol. The summed E-state index contributed by atoms with van der Waals surface area (Å²) in [6, 6.07) is 7.57. The summed E-state index contributed by atoms with van der Waals surface area (Å²) in [6.45, 7) is 5.77. The molecule has 1 fully saturated rings. The van der Waals surface area contributed by atoms with Gasteiger partial charge in [0.15, 0.2) is 0 Å². The fourth-order valence-electron chi connectivity index (χ4n) is 2.57. The van der Waals surface area contributed by atoms with Gasteiger partial charge in [-0.05, 0) is 25.5 Å². The maximum Gasteiger partial charge on any atom is 0.256 e. The fourth-order valence-corrected chi connectivity index (χ4v) is 2.57. The molecule has 1 aliphatic heterocycles. The van der Waals surface area contributed by atoms with Gasteiger partial charge in [0.25, 0.3) is 5.91 Å². The molecular formula is C16H24N2O3. The quantitative estimate of drug-likeness (QED) is 0.867. The second kappa shape index (κ2) is 7.43. The number of aliphatic hydroxyl groups excluding tert-OH is 1. The lowest BCUT2D eigenvalue weighted by Crippen LogP contribution is -2.50. The summed E-state index contributed by atoms with van der Waals surface area (Å²) in [6.07, 6.45) is 0.646. The number of anilines is 1. The van der Waals surface area contributed by atoms with E-state index in [1.54, 1.807) is 4.90 Å². The van der Waals surface area contributed by atoms with Crippen LogP contribution in [0.15, 0.2) is 24.3 Å². The minimum absolute atomic E-state index is 0.0113. The van der Waals surface area contributed by atoms with Gasteiger partial charge in [0, 0.05) is 25.3 Å². The van der Waals surface area contributed by atoms with Gasteiger partial charge in [0.05, 0.1) is 24.4 Å². The first-order chi connectivity index (χ1) is 10.2. The SMILES string of the molecule is CCCNc1ccccc1C(=O)N1CC(C)OC(CO)C1. The van der Waals surface area contributed by atoms with E-state index in [-0.39, 0.29) is 24.7 Å². The Morgan fingerprint density at radius 3 is 2.90 bits per heavy atom. The minimum atomic E-state index is -0.298. The first-order valence-corrected chi connectivity index (χ1v) is 7.54. The van der Waals surface area contributed by atoms with Crippen molar-refractivity contribution in [3.05, 3.63) is 29.8 Å². The number of carbonyl (C=O) groups excluding carboxylic acids is 1. The topological polar surface area (TPSA) is 61.8 Å². The first kappa shape index (κ1) is 15.8. The Balaban J connectivity index is 2.15. The summed E-state index contributed by atoms with van der Waals surface area (Å²) >= 11 is 0. The third kappa shape index (κ3) is 3.95. The zero-order valence-corrected chi connectivity index (χ0v) is 12.7. The second-order valence-corrected chi connectivity index (χ2v) is 5.43. The molecule has 21 heavy (non-hydrogen) atoms. The van der Waals surface area contributed by atoms with Crippen LogP contribution < -0.4 is 5.32 Å². The van der Waals surface area contributed by atoms with Crippen molar-refractivity contribution in [2.24, 2.45) is 0 Å². The maximum atomic E-state index is 12.7. The van der Waals surface area contributed by atoms with Gasteiger partial charge < -0.3 is 20.1 Å². The van der Waals surface area contributed by atoms with Gasteiger partial charge in [-0.2, -0.15) is 0 Å². The number of nitrogens with zero attached hydrogens (tertiary/aromatic N) is 1. The number of benzene rings is 1. The maximum absolute atomic E-state index is 12.7. The normalized spacial score (nSPS) is 22.1. The molecule has 0 spiro atoms. The van der Waals surface area contributed by atoms with Crippen LogP contribution >= 0.6 is 0 Å². The Morgan fingerprint density at radius 1 is 1.43 bits per heavy atom. The molecule has 0 bridgehead atoms. The van der Waals surface area contributed by atoms with E-state index in [0.717, 1.165) is 18.7 Å². The Morgan fingerprint density at radius 2 is 2.19 bits per heavy atom. The van der Waals surface area contributed by atoms with Crippen LogP contribution in [0.2, 0.25) is 0 Å². The summed E-state index contributed by atoms with van der Waals surface area (Å²) < 4.78 is 5.59. The fraction of sp³-hybridized carbons (Fsp3) is 0.562. The molecule has 1 aromatic carbocycles. The highest BCUT2D eigenvalue weighted by Gasteiger charge is 2.29. The molecule has 1 aliphatic rings. The van der Waals surface area contributed by atoms with Crippen molar-refractivity contribution in [2.75, 3.05) is 31.6 Å². The van der Waals surface area contributed by atoms with Crippen LogP contribution in [-0.2, 0) is 4.74 Å². The molecule has 0 radical (unpaired) electrons. The molecule has 2 unspecified atom stereocenters. The molecule has 5 heteroatoms. The van der Waals surface area contributed by atoms with E-state index in [9.17, 15) is 9.90 Å². The van der Waals surface area contributed by atoms with E-state index in [0.29, 0.717) is 18.7 Å². The van der Waals surface area contributed by atoms with Crippen LogP contribution in [0.1, 0.15) is 30.6 Å². The average molecular weight is 292 g/mol. The van der Waals surface area contributed by atoms with Crippen molar-refractivity contribution < 1.29 is 14.6 Å². The van der Waals surface area contributed by atoms with E-state index in [4.69, 9.17) is 4.74 Å². The predicted octanol–water partition coefficient (Wildman–Crippen LogP) is 1.73. The number of aliphatic hydroxyl groups is 1. The van der Waals surface area contributed by atoms with E-state index in [1.165, 1.54) is 0 Å². The monoisotopic (exact) mass is 292 g/mol. The predicted molar refractivity (Wildman–Crippen MR) is 82.5 cm³/mol. The van der Waals surface area contributed by atoms with Crippen molar-refractivity contribution in [3.8, 4) is 0 Å². The van der Waals surface area contributed by atoms with Crippen LogP contribution in [0.5, 0.6) is 0 Å². The van der Waals surface area contributed by atoms with E-state index < -0.39 is 0 Å². The number of hydrogen-bond donors (Lipinski definition) is 2. The molecule has 1 heterocycles. The molecule has 0 aliphatic carbocycles. The standard InChI is InChI=1S/C16H24N2O3/c1-3-8-17-15-7-5-4-6-14(15)16(20)18-9-12(2)21-13(10-18)11-19/h4-7,12-13,17,19H,3,8-11H2,1-2H3. The number of nitrogens with one attached hydrogen (secondary N) is 1. The van der Waals surface area contributed by atoms with Crippen molar-refractivity contribution >= 4 is 11.6 Å². The highest BCUT2D eigenvalue weighted by atomic mass is 16.5. The number of hydrogen-bond acceptors (Lipinski definition) is 4. The minimum Gasteiger partial charge on any atom is -0.394 e. The number of amides is 1. The largest absolute Gasteiger partial charge is 0.394 e. The van der Waals surface area contributed by atoms with E-state index in [2.05, 4.69) is 12.2 Å². The van der Waals surface area contributed by atoms with E-state index in [1.807, 2.05) is 31.2 Å². The zero-order chi connectivity index (χ0) is 15.2. The molecule has 1 amide bonds. The smallest absolute Gasteiger partial charge is 0.256 e. The third-order valence-corrected chi connectivity index (χ3v) is 3.54. The van der Waals surface area contributed by atoms with Gasteiger partial charge in [-0.3, -0.25) is 4.79 Å². The van der Waals surface area contributed by atoms with Crippen LogP contribution in [0.25, 0.3) is 0 Å². The second-order valence-electron chi connectivity index (χ2n) is 5.43. The van der Waals surface area contributed by atoms with Gasteiger partial charge in [-0.1, -0.05) is 19.1 Å². The first-order valence-electron chi connectivity index (χ1n) is 7.54. The number of carbonyl (C=O) groups is 1. The van der Waals surface area contributed by atoms with Crippen LogP contribution in [0, 0.1) is 0 Å². The van der Waals surface area contributed by atoms with Crippen molar-refractivity contribution in [2.45, 2.75) is 32.5 Å². The summed E-state index contributed by atoms with van der Waals surface area (Å²) in [5.41, 5.74) is 1.54. The van der Waals surface area contributed by atoms with Crippen LogP contribution in [0.3, 0.4) is 0 Å². The average Bonchev–Trinajstić information content (AvgIpc) is 2.51. The van der Waals surface area contributed by atoms with Gasteiger partial charge >= 0.3 is 0 Å². The van der Waals surface area contributed by atoms with Gasteiger partial charge in [0.1, 0.15) is 0 Å². The van der Waals surface area contributed by atoms with Crippen molar-refractivity contribution in [3.63, 3.8) is 0 Å². The lowest BCUT2D eigenvalue weighted by atomic mass is 10.1. The van der Waals surface area contributed by atoms with Crippen LogP contribution in [-0.4, -0.2) is 54.4 Å². The molecule has 0 saturated carbocycles. The van der Waals surface area contributed by atoms with Gasteiger partial charge in [-0.25, -0.2) is 0 Å². The molecule has 1 aromatic rings. The molecule has 1 saturated heterocycles. The summed E-state index contributed by atoms with van der Waals surface area (Å²) in [5, 5.41) is 12.6. The zero-order valence-electron chi connectivity index (χ0n) is 12.7. The van der Waals surface area contributed by atoms with Crippen molar-refractivity contribution in [1.29, 1.82) is 0 Å². The van der Waals surface area contributed by atoms with Crippen LogP contribution in [0.4, 0.5) is 5.69 Å². The molecule has 5 nitrogen and oxygen atoms in total. The highest BCUT2D eigenvalue weighted by Crippen LogP contribution is 2.20. The molecule has 2 rings (SSSR count). The highest BCUT2D eigenvalue weighted by molar-refractivity contribution is 5.99. The molecule has 2 N–H and O–H groups in total. The third-order valence-electron chi connectivity index (χ3n) is 3.54. The Bertz CT molecular complexity index is 478. The summed E-state index contributed by atoms with van der Waals surface area (Å²) in [5.74, 6) is -0.0113. The van der Waals surface area contributed by atoms with E-state index >= 15 is 0 Å². The molecule has 116 valence electrons. The number of morpholine rings is 1. The van der Waals surface area contributed by atoms with Crippen molar-refractivity contribution in [1.82, 2.24) is 4.90 Å². The number of ether oxygens (including phenoxy) is 1. The Hall–Kier alpha value is -1.59. The molecule has 0 aromatic heterocycles. The summed E-state index contributed by atoms with van der Waals surface area (Å²) in [7, 11) is 0.